The van der Waals surface area contributed by atoms with Crippen LogP contribution in [0.4, 0.5) is 0 Å². The molecule has 0 amide bonds. The number of phenols is 1. The van der Waals surface area contributed by atoms with E-state index in [1.807, 2.05) is 12.1 Å². The van der Waals surface area contributed by atoms with Gasteiger partial charge in [0, 0.05) is 5.56 Å². The Kier molecular flexibility index (Phi) is 4.25. The molecule has 0 radical (unpaired) electrons. The Morgan fingerprint density at radius 1 is 1.00 bits per heavy atom. The fraction of sp³-hybridized carbons (Fsp3) is 0.381. The summed E-state index contributed by atoms with van der Waals surface area (Å²) in [6.45, 7) is 12.5. The third kappa shape index (κ3) is 3.39. The molecule has 0 aliphatic heterocycles. The average molecular weight is 367 g/mol. The summed E-state index contributed by atoms with van der Waals surface area (Å²) in [7, 11) is 0. The van der Waals surface area contributed by atoms with Crippen LogP contribution in [0.15, 0.2) is 30.3 Å². The van der Waals surface area contributed by atoms with Crippen LogP contribution in [0.2, 0.25) is 0 Å². The number of carboxylic acids is 1. The van der Waals surface area contributed by atoms with Crippen molar-refractivity contribution in [1.82, 2.24) is 15.0 Å². The van der Waals surface area contributed by atoms with Crippen LogP contribution in [0.1, 0.15) is 63.0 Å². The summed E-state index contributed by atoms with van der Waals surface area (Å²) in [6.07, 6.45) is 0. The minimum atomic E-state index is -1.01. The Balaban J connectivity index is 2.31. The Morgan fingerprint density at radius 3 is 2.22 bits per heavy atom. The van der Waals surface area contributed by atoms with E-state index in [0.29, 0.717) is 16.7 Å². The van der Waals surface area contributed by atoms with Gasteiger partial charge in [0.25, 0.3) is 0 Å². The summed E-state index contributed by atoms with van der Waals surface area (Å²) in [6, 6.07) is 8.62. The van der Waals surface area contributed by atoms with Gasteiger partial charge in [-0.25, -0.2) is 9.48 Å². The van der Waals surface area contributed by atoms with Crippen LogP contribution in [-0.4, -0.2) is 31.2 Å². The van der Waals surface area contributed by atoms with Crippen molar-refractivity contribution in [2.45, 2.75) is 52.4 Å². The Hall–Kier alpha value is -2.89. The first-order valence-electron chi connectivity index (χ1n) is 8.86. The third-order valence-electron chi connectivity index (χ3n) is 4.68. The Labute approximate surface area is 158 Å². The molecule has 1 heterocycles. The number of aromatic hydroxyl groups is 1. The van der Waals surface area contributed by atoms with Gasteiger partial charge in [0.15, 0.2) is 0 Å². The van der Waals surface area contributed by atoms with Gasteiger partial charge in [-0.3, -0.25) is 0 Å². The highest BCUT2D eigenvalue weighted by Crippen LogP contribution is 2.39. The number of benzene rings is 2. The topological polar surface area (TPSA) is 88.2 Å². The van der Waals surface area contributed by atoms with E-state index in [-0.39, 0.29) is 22.1 Å². The van der Waals surface area contributed by atoms with Crippen molar-refractivity contribution in [3.63, 3.8) is 0 Å². The van der Waals surface area contributed by atoms with E-state index in [2.05, 4.69) is 51.9 Å². The van der Waals surface area contributed by atoms with E-state index in [0.717, 1.165) is 11.1 Å². The van der Waals surface area contributed by atoms with Crippen LogP contribution in [0.5, 0.6) is 5.75 Å². The van der Waals surface area contributed by atoms with Gasteiger partial charge < -0.3 is 10.2 Å². The Bertz CT molecular complexity index is 1040. The van der Waals surface area contributed by atoms with E-state index in [4.69, 9.17) is 5.11 Å². The van der Waals surface area contributed by atoms with E-state index in [1.165, 1.54) is 12.1 Å². The molecule has 2 N–H and O–H groups in total. The molecule has 6 heteroatoms. The summed E-state index contributed by atoms with van der Waals surface area (Å²) < 4.78 is 1.57. The molecule has 0 aliphatic carbocycles. The number of rotatable bonds is 2. The molecule has 0 unspecified atom stereocenters. The SMILES string of the molecule is CC(C)(C)c1cc(-n2nnc3cc(C(=O)O)ccc32)c(O)c(C(C)(C)C)c1. The first-order valence-corrected chi connectivity index (χ1v) is 8.86. The largest absolute Gasteiger partial charge is 0.505 e. The number of aromatic nitrogens is 3. The fourth-order valence-electron chi connectivity index (χ4n) is 3.02. The Morgan fingerprint density at radius 2 is 1.67 bits per heavy atom. The highest BCUT2D eigenvalue weighted by atomic mass is 16.4. The lowest BCUT2D eigenvalue weighted by atomic mass is 9.79. The molecule has 1 aromatic heterocycles. The number of carboxylic acid groups (broad SMARTS) is 1. The zero-order valence-electron chi connectivity index (χ0n) is 16.5. The molecule has 0 aliphatic rings. The number of hydrogen-bond acceptors (Lipinski definition) is 4. The van der Waals surface area contributed by atoms with Gasteiger partial charge in [0.2, 0.25) is 0 Å². The molecule has 3 rings (SSSR count). The summed E-state index contributed by atoms with van der Waals surface area (Å²) in [4.78, 5) is 11.2. The second-order valence-corrected chi connectivity index (χ2v) is 8.90. The molecule has 0 bridgehead atoms. The van der Waals surface area contributed by atoms with Crippen LogP contribution in [-0.2, 0) is 10.8 Å². The monoisotopic (exact) mass is 367 g/mol. The second-order valence-electron chi connectivity index (χ2n) is 8.90. The van der Waals surface area contributed by atoms with Gasteiger partial charge in [-0.2, -0.15) is 0 Å². The second kappa shape index (κ2) is 6.08. The summed E-state index contributed by atoms with van der Waals surface area (Å²) >= 11 is 0. The highest BCUT2D eigenvalue weighted by Gasteiger charge is 2.26. The van der Waals surface area contributed by atoms with E-state index < -0.39 is 5.97 Å². The third-order valence-corrected chi connectivity index (χ3v) is 4.68. The minimum Gasteiger partial charge on any atom is -0.505 e. The van der Waals surface area contributed by atoms with Crippen molar-refractivity contribution in [3.05, 3.63) is 47.0 Å². The van der Waals surface area contributed by atoms with Crippen LogP contribution in [0.3, 0.4) is 0 Å². The zero-order valence-corrected chi connectivity index (χ0v) is 16.5. The summed E-state index contributed by atoms with van der Waals surface area (Å²) in [5.41, 5.74) is 3.33. The van der Waals surface area contributed by atoms with Gasteiger partial charge >= 0.3 is 5.97 Å². The fourth-order valence-corrected chi connectivity index (χ4v) is 3.02. The van der Waals surface area contributed by atoms with Crippen molar-refractivity contribution in [2.75, 3.05) is 0 Å². The van der Waals surface area contributed by atoms with Crippen molar-refractivity contribution < 1.29 is 15.0 Å². The molecule has 3 aromatic rings. The predicted molar refractivity (Wildman–Crippen MR) is 105 cm³/mol. The summed E-state index contributed by atoms with van der Waals surface area (Å²) in [5, 5.41) is 28.5. The molecule has 0 spiro atoms. The maximum atomic E-state index is 11.2. The molecular formula is C21H25N3O3. The lowest BCUT2D eigenvalue weighted by molar-refractivity contribution is 0.0697. The molecule has 6 nitrogen and oxygen atoms in total. The van der Waals surface area contributed by atoms with Crippen LogP contribution in [0, 0.1) is 0 Å². The molecule has 0 saturated heterocycles. The smallest absolute Gasteiger partial charge is 0.335 e. The van der Waals surface area contributed by atoms with Crippen LogP contribution >= 0.6 is 0 Å². The zero-order chi connectivity index (χ0) is 20.1. The van der Waals surface area contributed by atoms with Gasteiger partial charge in [-0.15, -0.1) is 5.10 Å². The van der Waals surface area contributed by atoms with Gasteiger partial charge in [0.1, 0.15) is 17.0 Å². The van der Waals surface area contributed by atoms with Crippen LogP contribution < -0.4 is 0 Å². The molecule has 0 atom stereocenters. The molecule has 27 heavy (non-hydrogen) atoms. The quantitative estimate of drug-likeness (QED) is 0.700. The van der Waals surface area contributed by atoms with Gasteiger partial charge in [0.05, 0.1) is 11.1 Å². The summed E-state index contributed by atoms with van der Waals surface area (Å²) in [5.74, 6) is -0.858. The highest BCUT2D eigenvalue weighted by molar-refractivity contribution is 5.92. The lowest BCUT2D eigenvalue weighted by Gasteiger charge is -2.27. The van der Waals surface area contributed by atoms with Crippen molar-refractivity contribution in [1.29, 1.82) is 0 Å². The normalized spacial score (nSPS) is 12.5. The average Bonchev–Trinajstić information content (AvgIpc) is 2.95. The van der Waals surface area contributed by atoms with Crippen molar-refractivity contribution >= 4 is 17.0 Å². The number of carbonyl (C=O) groups is 1. The van der Waals surface area contributed by atoms with Crippen molar-refractivity contribution in [3.8, 4) is 11.4 Å². The molecule has 2 aromatic carbocycles. The molecule has 0 fully saturated rings. The standard InChI is InChI=1S/C21H25N3O3/c1-20(2,3)13-10-14(21(4,5)6)18(25)17(11-13)24-16-8-7-12(19(26)27)9-15(16)22-23-24/h7-11,25H,1-6H3,(H,26,27). The van der Waals surface area contributed by atoms with Gasteiger partial charge in [-0.05, 0) is 40.7 Å². The van der Waals surface area contributed by atoms with E-state index in [1.54, 1.807) is 10.7 Å². The molecular weight excluding hydrogens is 342 g/mol. The van der Waals surface area contributed by atoms with Crippen molar-refractivity contribution in [2.24, 2.45) is 0 Å². The van der Waals surface area contributed by atoms with E-state index in [9.17, 15) is 9.90 Å². The molecule has 142 valence electrons. The molecule has 0 saturated carbocycles. The number of nitrogens with zero attached hydrogens (tertiary/aromatic N) is 3. The number of hydrogen-bond donors (Lipinski definition) is 2. The number of phenolic OH excluding ortho intramolecular Hbond substituents is 1. The number of aromatic carboxylic acids is 1. The maximum absolute atomic E-state index is 11.2. The number of fused-ring (bicyclic) bond motifs is 1. The lowest BCUT2D eigenvalue weighted by Crippen LogP contribution is -2.18. The first-order chi connectivity index (χ1) is 12.4. The first kappa shape index (κ1) is 18.9. The maximum Gasteiger partial charge on any atom is 0.335 e. The minimum absolute atomic E-state index is 0.116. The van der Waals surface area contributed by atoms with Gasteiger partial charge in [-0.1, -0.05) is 52.8 Å². The predicted octanol–water partition coefficient (Wildman–Crippen LogP) is 4.42. The van der Waals surface area contributed by atoms with E-state index >= 15 is 0 Å². The van der Waals surface area contributed by atoms with Crippen LogP contribution in [0.25, 0.3) is 16.7 Å².